The molecule has 1 saturated carbocycles. The fraction of sp³-hybridized carbons (Fsp3) is 0.579. The first kappa shape index (κ1) is 17.3. The maximum Gasteiger partial charge on any atom is 0.343 e. The van der Waals surface area contributed by atoms with Gasteiger partial charge in [-0.25, -0.2) is 9.78 Å². The predicted molar refractivity (Wildman–Crippen MR) is 93.8 cm³/mol. The molecule has 4 heterocycles. The van der Waals surface area contributed by atoms with Gasteiger partial charge in [0.15, 0.2) is 0 Å². The van der Waals surface area contributed by atoms with E-state index in [-0.39, 0.29) is 17.1 Å². The van der Waals surface area contributed by atoms with Gasteiger partial charge in [0.1, 0.15) is 17.0 Å². The van der Waals surface area contributed by atoms with E-state index >= 15 is 0 Å². The molecule has 0 atom stereocenters. The van der Waals surface area contributed by atoms with Crippen molar-refractivity contribution in [3.05, 3.63) is 29.7 Å². The van der Waals surface area contributed by atoms with Gasteiger partial charge in [0.05, 0.1) is 37.7 Å². The number of hydrogen-bond donors (Lipinski definition) is 0. The molecule has 2 bridgehead atoms. The molecule has 0 spiro atoms. The SMILES string of the molecule is COCC12CC(c3cn4cc(C(=O)OC)c(OC(C)C)cc4n3)(CO1)C2. The van der Waals surface area contributed by atoms with Crippen molar-refractivity contribution in [1.29, 1.82) is 0 Å². The van der Waals surface area contributed by atoms with Crippen LogP contribution in [0.1, 0.15) is 42.7 Å². The third kappa shape index (κ3) is 2.57. The van der Waals surface area contributed by atoms with Gasteiger partial charge in [0, 0.05) is 31.0 Å². The lowest BCUT2D eigenvalue weighted by molar-refractivity contribution is -0.0614. The summed E-state index contributed by atoms with van der Waals surface area (Å²) in [7, 11) is 3.07. The Morgan fingerprint density at radius 3 is 2.77 bits per heavy atom. The molecule has 7 nitrogen and oxygen atoms in total. The van der Waals surface area contributed by atoms with Crippen LogP contribution in [0.3, 0.4) is 0 Å². The van der Waals surface area contributed by atoms with Gasteiger partial charge in [0.2, 0.25) is 0 Å². The molecule has 2 aliphatic heterocycles. The minimum absolute atomic E-state index is 0.0570. The molecule has 2 saturated heterocycles. The fourth-order valence-electron chi connectivity index (χ4n) is 4.22. The van der Waals surface area contributed by atoms with E-state index in [4.69, 9.17) is 23.9 Å². The Hall–Kier alpha value is -2.12. The van der Waals surface area contributed by atoms with Gasteiger partial charge in [-0.3, -0.25) is 0 Å². The number of ether oxygens (including phenoxy) is 4. The van der Waals surface area contributed by atoms with E-state index < -0.39 is 5.97 Å². The Bertz CT molecular complexity index is 851. The van der Waals surface area contributed by atoms with Gasteiger partial charge < -0.3 is 23.3 Å². The highest BCUT2D eigenvalue weighted by Crippen LogP contribution is 2.58. The number of esters is 1. The highest BCUT2D eigenvalue weighted by Gasteiger charge is 2.64. The molecule has 0 amide bonds. The standard InChI is InChI=1S/C19H24N2O5/c1-12(2)26-14-5-16-20-15(7-21(16)6-13(14)17(22)24-4)18-8-19(9-18,11-23-3)25-10-18/h5-7,12H,8-11H2,1-4H3. The van der Waals surface area contributed by atoms with Gasteiger partial charge in [-0.1, -0.05) is 0 Å². The minimum atomic E-state index is -0.428. The van der Waals surface area contributed by atoms with E-state index in [9.17, 15) is 4.79 Å². The molecule has 2 aromatic heterocycles. The maximum absolute atomic E-state index is 12.1. The van der Waals surface area contributed by atoms with E-state index in [1.54, 1.807) is 19.4 Å². The van der Waals surface area contributed by atoms with Crippen LogP contribution in [0.25, 0.3) is 5.65 Å². The smallest absolute Gasteiger partial charge is 0.343 e. The fourth-order valence-corrected chi connectivity index (χ4v) is 4.22. The number of aromatic nitrogens is 2. The predicted octanol–water partition coefficient (Wildman–Crippen LogP) is 2.36. The summed E-state index contributed by atoms with van der Waals surface area (Å²) < 4.78 is 23.8. The van der Waals surface area contributed by atoms with Gasteiger partial charge in [-0.2, -0.15) is 0 Å². The first-order chi connectivity index (χ1) is 12.4. The van der Waals surface area contributed by atoms with Crippen molar-refractivity contribution in [3.8, 4) is 5.75 Å². The number of carbonyl (C=O) groups excluding carboxylic acids is 1. The number of rotatable bonds is 6. The van der Waals surface area contributed by atoms with Crippen LogP contribution < -0.4 is 4.74 Å². The lowest BCUT2D eigenvalue weighted by Gasteiger charge is -2.43. The number of carbonyl (C=O) groups is 1. The number of pyridine rings is 1. The molecule has 3 fully saturated rings. The average Bonchev–Trinajstić information content (AvgIpc) is 3.24. The molecular formula is C19H24N2O5. The van der Waals surface area contributed by atoms with Crippen molar-refractivity contribution in [2.24, 2.45) is 0 Å². The molecule has 0 N–H and O–H groups in total. The molecule has 26 heavy (non-hydrogen) atoms. The summed E-state index contributed by atoms with van der Waals surface area (Å²) in [5.41, 5.74) is 1.90. The van der Waals surface area contributed by atoms with E-state index in [1.807, 2.05) is 24.4 Å². The second-order valence-corrected chi connectivity index (χ2v) is 7.64. The normalized spacial score (nSPS) is 27.0. The van der Waals surface area contributed by atoms with Crippen LogP contribution in [0.15, 0.2) is 18.5 Å². The summed E-state index contributed by atoms with van der Waals surface area (Å²) in [6, 6.07) is 1.79. The molecule has 0 unspecified atom stereocenters. The Morgan fingerprint density at radius 2 is 2.12 bits per heavy atom. The molecule has 140 valence electrons. The van der Waals surface area contributed by atoms with E-state index in [0.29, 0.717) is 24.5 Å². The Balaban J connectivity index is 1.71. The van der Waals surface area contributed by atoms with Crippen molar-refractivity contribution >= 4 is 11.6 Å². The van der Waals surface area contributed by atoms with Gasteiger partial charge in [0.25, 0.3) is 0 Å². The molecule has 5 rings (SSSR count). The largest absolute Gasteiger partial charge is 0.490 e. The molecule has 1 aliphatic carbocycles. The third-order valence-electron chi connectivity index (χ3n) is 5.25. The quantitative estimate of drug-likeness (QED) is 0.737. The van der Waals surface area contributed by atoms with Crippen molar-refractivity contribution in [1.82, 2.24) is 9.38 Å². The molecular weight excluding hydrogens is 336 g/mol. The van der Waals surface area contributed by atoms with Gasteiger partial charge >= 0.3 is 5.97 Å². The number of fused-ring (bicyclic) bond motifs is 2. The topological polar surface area (TPSA) is 71.3 Å². The lowest BCUT2D eigenvalue weighted by Crippen LogP contribution is -2.49. The Morgan fingerprint density at radius 1 is 1.35 bits per heavy atom. The summed E-state index contributed by atoms with van der Waals surface area (Å²) in [4.78, 5) is 16.9. The Labute approximate surface area is 152 Å². The van der Waals surface area contributed by atoms with Crippen LogP contribution in [-0.4, -0.2) is 54.5 Å². The van der Waals surface area contributed by atoms with E-state index in [1.165, 1.54) is 7.11 Å². The molecule has 3 aliphatic rings. The van der Waals surface area contributed by atoms with Crippen LogP contribution >= 0.6 is 0 Å². The van der Waals surface area contributed by atoms with Gasteiger partial charge in [-0.15, -0.1) is 0 Å². The zero-order chi connectivity index (χ0) is 18.5. The van der Waals surface area contributed by atoms with Crippen molar-refractivity contribution in [2.45, 2.75) is 43.8 Å². The van der Waals surface area contributed by atoms with Crippen LogP contribution in [0, 0.1) is 0 Å². The zero-order valence-corrected chi connectivity index (χ0v) is 15.6. The number of nitrogens with zero attached hydrogens (tertiary/aromatic N) is 2. The Kier molecular flexibility index (Phi) is 3.96. The van der Waals surface area contributed by atoms with Gasteiger partial charge in [-0.05, 0) is 26.7 Å². The first-order valence-electron chi connectivity index (χ1n) is 8.81. The molecule has 0 aromatic carbocycles. The molecule has 7 heteroatoms. The average molecular weight is 360 g/mol. The summed E-state index contributed by atoms with van der Waals surface area (Å²) in [5, 5.41) is 0. The van der Waals surface area contributed by atoms with Crippen LogP contribution in [-0.2, 0) is 19.6 Å². The van der Waals surface area contributed by atoms with Crippen LogP contribution in [0.4, 0.5) is 0 Å². The highest BCUT2D eigenvalue weighted by molar-refractivity contribution is 5.92. The summed E-state index contributed by atoms with van der Waals surface area (Å²) in [6.45, 7) is 5.10. The first-order valence-corrected chi connectivity index (χ1v) is 8.81. The minimum Gasteiger partial charge on any atom is -0.490 e. The molecule has 2 aromatic rings. The van der Waals surface area contributed by atoms with E-state index in [2.05, 4.69) is 0 Å². The summed E-state index contributed by atoms with van der Waals surface area (Å²) >= 11 is 0. The van der Waals surface area contributed by atoms with Crippen LogP contribution in [0.5, 0.6) is 5.75 Å². The maximum atomic E-state index is 12.1. The highest BCUT2D eigenvalue weighted by atomic mass is 16.6. The second-order valence-electron chi connectivity index (χ2n) is 7.64. The summed E-state index contributed by atoms with van der Waals surface area (Å²) in [6.07, 6.45) is 5.47. The number of imidazole rings is 1. The van der Waals surface area contributed by atoms with Crippen molar-refractivity contribution in [3.63, 3.8) is 0 Å². The monoisotopic (exact) mass is 360 g/mol. The van der Waals surface area contributed by atoms with Crippen molar-refractivity contribution in [2.75, 3.05) is 27.4 Å². The lowest BCUT2D eigenvalue weighted by atomic mass is 9.61. The number of hydrogen-bond acceptors (Lipinski definition) is 6. The van der Waals surface area contributed by atoms with Crippen molar-refractivity contribution < 1.29 is 23.7 Å². The second kappa shape index (κ2) is 5.96. The zero-order valence-electron chi connectivity index (χ0n) is 15.6. The third-order valence-corrected chi connectivity index (χ3v) is 5.25. The number of methoxy groups -OCH3 is 2. The van der Waals surface area contributed by atoms with Crippen LogP contribution in [0.2, 0.25) is 0 Å². The summed E-state index contributed by atoms with van der Waals surface area (Å²) in [5.74, 6) is 0.0573. The van der Waals surface area contributed by atoms with E-state index in [0.717, 1.165) is 24.2 Å². The molecule has 0 radical (unpaired) electrons.